The Kier molecular flexibility index (Phi) is 6.41. The van der Waals surface area contributed by atoms with Gasteiger partial charge in [0.25, 0.3) is 0 Å². The van der Waals surface area contributed by atoms with Crippen LogP contribution in [0, 0.1) is 5.92 Å². The summed E-state index contributed by atoms with van der Waals surface area (Å²) < 4.78 is 34.7. The summed E-state index contributed by atoms with van der Waals surface area (Å²) in [5.41, 5.74) is 1.58. The molecule has 2 saturated heterocycles. The van der Waals surface area contributed by atoms with Crippen LogP contribution < -0.4 is 10.4 Å². The molecule has 5 rings (SSSR count). The number of imidazole rings is 1. The Morgan fingerprint density at radius 3 is 2.43 bits per heavy atom. The van der Waals surface area contributed by atoms with Crippen LogP contribution in [0.4, 0.5) is 0 Å². The van der Waals surface area contributed by atoms with E-state index in [4.69, 9.17) is 4.74 Å². The number of sulfonamides is 1. The van der Waals surface area contributed by atoms with Gasteiger partial charge in [0.1, 0.15) is 5.75 Å². The van der Waals surface area contributed by atoms with E-state index in [0.717, 1.165) is 11.0 Å². The largest absolute Gasteiger partial charge is 0.497 e. The third kappa shape index (κ3) is 4.48. The second kappa shape index (κ2) is 9.50. The first-order valence-electron chi connectivity index (χ1n) is 12.0. The maximum absolute atomic E-state index is 13.3. The van der Waals surface area contributed by atoms with Gasteiger partial charge in [-0.05, 0) is 62.1 Å². The van der Waals surface area contributed by atoms with Gasteiger partial charge in [-0.1, -0.05) is 12.1 Å². The minimum absolute atomic E-state index is 0.00403. The van der Waals surface area contributed by atoms with Crippen LogP contribution in [0.2, 0.25) is 0 Å². The summed E-state index contributed by atoms with van der Waals surface area (Å²) in [6.45, 7) is 1.70. The van der Waals surface area contributed by atoms with E-state index in [0.29, 0.717) is 51.1 Å². The standard InChI is InChI=1S/C25H30N4O5S/c1-34-20-8-10-21(11-9-20)35(32,33)28-14-4-5-18(17-28)24(30)27-15-12-19(13-16-27)29-23-7-3-2-6-22(23)26-25(29)31/h2-3,6-11,18-19H,4-5,12-17H2,1H3,(H,26,31)/t18-/m1/s1. The number of aromatic nitrogens is 2. The molecule has 1 aromatic heterocycles. The van der Waals surface area contributed by atoms with Gasteiger partial charge in [-0.15, -0.1) is 0 Å². The molecule has 35 heavy (non-hydrogen) atoms. The summed E-state index contributed by atoms with van der Waals surface area (Å²) in [7, 11) is -2.15. The van der Waals surface area contributed by atoms with Gasteiger partial charge in [-0.3, -0.25) is 9.36 Å². The molecule has 0 unspecified atom stereocenters. The van der Waals surface area contributed by atoms with Crippen molar-refractivity contribution in [1.82, 2.24) is 18.8 Å². The summed E-state index contributed by atoms with van der Waals surface area (Å²) >= 11 is 0. The second-order valence-corrected chi connectivity index (χ2v) is 11.2. The zero-order chi connectivity index (χ0) is 24.6. The highest BCUT2D eigenvalue weighted by atomic mass is 32.2. The first kappa shape index (κ1) is 23.6. The summed E-state index contributed by atoms with van der Waals surface area (Å²) in [4.78, 5) is 30.8. The molecule has 1 amide bonds. The summed E-state index contributed by atoms with van der Waals surface area (Å²) in [6.07, 6.45) is 2.70. The Hall–Kier alpha value is -3.11. The monoisotopic (exact) mass is 498 g/mol. The molecule has 3 aromatic rings. The fraction of sp³-hybridized carbons (Fsp3) is 0.440. The number of nitrogens with zero attached hydrogens (tertiary/aromatic N) is 3. The molecule has 1 atom stereocenters. The summed E-state index contributed by atoms with van der Waals surface area (Å²) in [5.74, 6) is 0.238. The van der Waals surface area contributed by atoms with E-state index in [9.17, 15) is 18.0 Å². The molecular formula is C25H30N4O5S. The van der Waals surface area contributed by atoms with Crippen molar-refractivity contribution in [3.8, 4) is 5.75 Å². The van der Waals surface area contributed by atoms with Crippen molar-refractivity contribution in [2.45, 2.75) is 36.6 Å². The number of H-pyrrole nitrogens is 1. The molecule has 0 saturated carbocycles. The lowest BCUT2D eigenvalue weighted by Gasteiger charge is -2.37. The van der Waals surface area contributed by atoms with Crippen LogP contribution in [-0.4, -0.2) is 66.4 Å². The first-order chi connectivity index (χ1) is 16.9. The molecule has 0 bridgehead atoms. The molecule has 2 fully saturated rings. The number of likely N-dealkylation sites (tertiary alicyclic amines) is 1. The van der Waals surface area contributed by atoms with Crippen LogP contribution in [0.1, 0.15) is 31.7 Å². The van der Waals surface area contributed by atoms with E-state index in [-0.39, 0.29) is 35.0 Å². The van der Waals surface area contributed by atoms with Gasteiger partial charge in [-0.2, -0.15) is 4.31 Å². The molecule has 3 heterocycles. The predicted molar refractivity (Wildman–Crippen MR) is 132 cm³/mol. The van der Waals surface area contributed by atoms with Gasteiger partial charge >= 0.3 is 5.69 Å². The normalized spacial score (nSPS) is 20.3. The number of amides is 1. The molecule has 0 aliphatic carbocycles. The van der Waals surface area contributed by atoms with Crippen molar-refractivity contribution in [3.63, 3.8) is 0 Å². The Morgan fingerprint density at radius 2 is 1.71 bits per heavy atom. The van der Waals surface area contributed by atoms with E-state index < -0.39 is 10.0 Å². The van der Waals surface area contributed by atoms with Crippen molar-refractivity contribution in [1.29, 1.82) is 0 Å². The number of para-hydroxylation sites is 2. The lowest BCUT2D eigenvalue weighted by molar-refractivity contribution is -0.138. The SMILES string of the molecule is COc1ccc(S(=O)(=O)N2CCC[C@@H](C(=O)N3CCC(n4c(=O)[nH]c5ccccc54)CC3)C2)cc1. The van der Waals surface area contributed by atoms with Crippen molar-refractivity contribution in [2.24, 2.45) is 5.92 Å². The molecule has 0 spiro atoms. The maximum atomic E-state index is 13.3. The number of benzene rings is 2. The van der Waals surface area contributed by atoms with E-state index in [1.165, 1.54) is 23.5 Å². The van der Waals surface area contributed by atoms with Crippen molar-refractivity contribution < 1.29 is 17.9 Å². The summed E-state index contributed by atoms with van der Waals surface area (Å²) in [5, 5.41) is 0. The highest BCUT2D eigenvalue weighted by molar-refractivity contribution is 7.89. The highest BCUT2D eigenvalue weighted by Crippen LogP contribution is 2.29. The number of ether oxygens (including phenoxy) is 1. The average molecular weight is 499 g/mol. The Bertz CT molecular complexity index is 1370. The molecular weight excluding hydrogens is 468 g/mol. The fourth-order valence-electron chi connectivity index (χ4n) is 5.30. The van der Waals surface area contributed by atoms with E-state index in [1.54, 1.807) is 16.7 Å². The number of aromatic amines is 1. The molecule has 0 radical (unpaired) electrons. The molecule has 2 aliphatic heterocycles. The quantitative estimate of drug-likeness (QED) is 0.582. The lowest BCUT2D eigenvalue weighted by atomic mass is 9.96. The Morgan fingerprint density at radius 1 is 1.00 bits per heavy atom. The van der Waals surface area contributed by atoms with Crippen LogP contribution in [0.3, 0.4) is 0 Å². The predicted octanol–water partition coefficient (Wildman–Crippen LogP) is 2.60. The first-order valence-corrected chi connectivity index (χ1v) is 13.4. The topological polar surface area (TPSA) is 105 Å². The molecule has 186 valence electrons. The van der Waals surface area contributed by atoms with E-state index in [1.807, 2.05) is 29.2 Å². The van der Waals surface area contributed by atoms with Crippen LogP contribution in [0.25, 0.3) is 11.0 Å². The van der Waals surface area contributed by atoms with Crippen LogP contribution in [0.5, 0.6) is 5.75 Å². The summed E-state index contributed by atoms with van der Waals surface area (Å²) in [6, 6.07) is 14.0. The van der Waals surface area contributed by atoms with Crippen LogP contribution in [0.15, 0.2) is 58.2 Å². The molecule has 1 N–H and O–H groups in total. The third-order valence-electron chi connectivity index (χ3n) is 7.20. The molecule has 2 aromatic carbocycles. The maximum Gasteiger partial charge on any atom is 0.326 e. The van der Waals surface area contributed by atoms with Gasteiger partial charge in [0.05, 0.1) is 29.0 Å². The van der Waals surface area contributed by atoms with Crippen LogP contribution in [-0.2, 0) is 14.8 Å². The minimum Gasteiger partial charge on any atom is -0.497 e. The van der Waals surface area contributed by atoms with Gasteiger partial charge in [0.15, 0.2) is 0 Å². The van der Waals surface area contributed by atoms with E-state index >= 15 is 0 Å². The minimum atomic E-state index is -3.68. The molecule has 9 nitrogen and oxygen atoms in total. The smallest absolute Gasteiger partial charge is 0.326 e. The number of nitrogens with one attached hydrogen (secondary N) is 1. The van der Waals surface area contributed by atoms with Gasteiger partial charge in [0.2, 0.25) is 15.9 Å². The zero-order valence-electron chi connectivity index (χ0n) is 19.7. The number of hydrogen-bond donors (Lipinski definition) is 1. The number of piperidine rings is 2. The fourth-order valence-corrected chi connectivity index (χ4v) is 6.82. The highest BCUT2D eigenvalue weighted by Gasteiger charge is 2.36. The van der Waals surface area contributed by atoms with Gasteiger partial charge in [-0.25, -0.2) is 13.2 Å². The Balaban J connectivity index is 1.24. The number of fused-ring (bicyclic) bond motifs is 1. The van der Waals surface area contributed by atoms with Crippen molar-refractivity contribution in [2.75, 3.05) is 33.3 Å². The van der Waals surface area contributed by atoms with Gasteiger partial charge < -0.3 is 14.6 Å². The van der Waals surface area contributed by atoms with Crippen molar-refractivity contribution >= 4 is 27.0 Å². The lowest BCUT2D eigenvalue weighted by Crippen LogP contribution is -2.49. The second-order valence-electron chi connectivity index (χ2n) is 9.25. The Labute approximate surface area is 204 Å². The number of hydrogen-bond acceptors (Lipinski definition) is 5. The third-order valence-corrected chi connectivity index (χ3v) is 9.08. The van der Waals surface area contributed by atoms with Crippen molar-refractivity contribution in [3.05, 3.63) is 59.0 Å². The number of rotatable bonds is 5. The molecule has 2 aliphatic rings. The number of methoxy groups -OCH3 is 1. The number of carbonyl (C=O) groups excluding carboxylic acids is 1. The average Bonchev–Trinajstić information content (AvgIpc) is 3.24. The number of carbonyl (C=O) groups is 1. The van der Waals surface area contributed by atoms with Gasteiger partial charge in [0, 0.05) is 32.2 Å². The van der Waals surface area contributed by atoms with E-state index in [2.05, 4.69) is 4.98 Å². The zero-order valence-corrected chi connectivity index (χ0v) is 20.5. The van der Waals surface area contributed by atoms with Crippen LogP contribution >= 0.6 is 0 Å². The molecule has 10 heteroatoms.